The fourth-order valence-corrected chi connectivity index (χ4v) is 4.32. The Morgan fingerprint density at radius 3 is 2.44 bits per heavy atom. The lowest BCUT2D eigenvalue weighted by Gasteiger charge is -2.35. The van der Waals surface area contributed by atoms with Crippen molar-refractivity contribution < 1.29 is 17.6 Å². The number of halogens is 5. The number of benzene rings is 2. The standard InChI is InChI=1S/C23H25ClF4N6/c1-3-33-4-6-34(7-5-33)20-11-17-19(12-18(20)25)31-22(24)32-21(17)30-13(2)14-8-15(23(26,27)28)10-16(29)9-14/h8-13H,3-7,29H2,1-2H3,(H,30,31,32)/t13-/m1/s1. The number of alkyl halides is 3. The number of nitrogens with one attached hydrogen (secondary N) is 1. The molecular weight excluding hydrogens is 472 g/mol. The van der Waals surface area contributed by atoms with Crippen LogP contribution in [0.3, 0.4) is 0 Å². The summed E-state index contributed by atoms with van der Waals surface area (Å²) in [5, 5.41) is 3.52. The summed E-state index contributed by atoms with van der Waals surface area (Å²) in [6, 6.07) is 5.77. The van der Waals surface area contributed by atoms with Gasteiger partial charge in [0.25, 0.3) is 0 Å². The van der Waals surface area contributed by atoms with E-state index in [-0.39, 0.29) is 11.0 Å². The van der Waals surface area contributed by atoms with Crippen LogP contribution in [-0.2, 0) is 6.18 Å². The number of piperazine rings is 1. The van der Waals surface area contributed by atoms with Crippen molar-refractivity contribution in [2.75, 3.05) is 48.7 Å². The van der Waals surface area contributed by atoms with Crippen LogP contribution in [0.2, 0.25) is 5.28 Å². The summed E-state index contributed by atoms with van der Waals surface area (Å²) in [5.41, 5.74) is 5.93. The Morgan fingerprint density at radius 2 is 1.79 bits per heavy atom. The molecule has 1 aliphatic heterocycles. The van der Waals surface area contributed by atoms with Crippen LogP contribution < -0.4 is 16.0 Å². The maximum atomic E-state index is 15.0. The highest BCUT2D eigenvalue weighted by atomic mass is 35.5. The summed E-state index contributed by atoms with van der Waals surface area (Å²) < 4.78 is 54.7. The van der Waals surface area contributed by atoms with Crippen LogP contribution in [0.1, 0.15) is 31.0 Å². The first-order valence-electron chi connectivity index (χ1n) is 10.9. The van der Waals surface area contributed by atoms with Crippen molar-refractivity contribution >= 4 is 39.7 Å². The number of nitrogen functional groups attached to an aromatic ring is 1. The lowest BCUT2D eigenvalue weighted by Crippen LogP contribution is -2.46. The van der Waals surface area contributed by atoms with E-state index in [1.54, 1.807) is 13.0 Å². The molecule has 2 heterocycles. The first kappa shape index (κ1) is 24.3. The molecule has 0 unspecified atom stereocenters. The zero-order valence-electron chi connectivity index (χ0n) is 18.8. The largest absolute Gasteiger partial charge is 0.416 e. The van der Waals surface area contributed by atoms with E-state index in [0.717, 1.165) is 31.8 Å². The molecule has 0 aliphatic carbocycles. The Balaban J connectivity index is 1.69. The second kappa shape index (κ2) is 9.42. The molecule has 11 heteroatoms. The minimum absolute atomic E-state index is 0.000341. The average Bonchev–Trinajstić information content (AvgIpc) is 2.77. The molecule has 3 N–H and O–H groups in total. The average molecular weight is 497 g/mol. The van der Waals surface area contributed by atoms with E-state index in [9.17, 15) is 17.6 Å². The number of nitrogens with two attached hydrogens (primary N) is 1. The number of fused-ring (bicyclic) bond motifs is 1. The van der Waals surface area contributed by atoms with Crippen LogP contribution in [0, 0.1) is 5.82 Å². The van der Waals surface area contributed by atoms with Crippen LogP contribution in [0.25, 0.3) is 10.9 Å². The molecule has 1 atom stereocenters. The lowest BCUT2D eigenvalue weighted by atomic mass is 10.0. The monoisotopic (exact) mass is 496 g/mol. The molecule has 1 saturated heterocycles. The van der Waals surface area contributed by atoms with Crippen molar-refractivity contribution in [3.05, 3.63) is 52.6 Å². The highest BCUT2D eigenvalue weighted by Crippen LogP contribution is 2.35. The SMILES string of the molecule is CCN1CCN(c2cc3c(N[C@H](C)c4cc(N)cc(C(F)(F)F)c4)nc(Cl)nc3cc2F)CC1. The maximum absolute atomic E-state index is 15.0. The minimum Gasteiger partial charge on any atom is -0.399 e. The normalized spacial score (nSPS) is 16.1. The molecule has 0 amide bonds. The summed E-state index contributed by atoms with van der Waals surface area (Å²) in [7, 11) is 0. The molecule has 0 spiro atoms. The summed E-state index contributed by atoms with van der Waals surface area (Å²) in [4.78, 5) is 12.6. The van der Waals surface area contributed by atoms with Gasteiger partial charge < -0.3 is 20.9 Å². The van der Waals surface area contributed by atoms with E-state index < -0.39 is 23.6 Å². The van der Waals surface area contributed by atoms with E-state index >= 15 is 0 Å². The molecule has 1 aliphatic rings. The molecule has 34 heavy (non-hydrogen) atoms. The second-order valence-corrected chi connectivity index (χ2v) is 8.67. The molecule has 1 fully saturated rings. The zero-order valence-corrected chi connectivity index (χ0v) is 19.5. The van der Waals surface area contributed by atoms with Crippen molar-refractivity contribution in [2.45, 2.75) is 26.1 Å². The molecule has 1 aromatic heterocycles. The Labute approximate surface area is 199 Å². The quantitative estimate of drug-likeness (QED) is 0.282. The Morgan fingerprint density at radius 1 is 1.09 bits per heavy atom. The van der Waals surface area contributed by atoms with Crippen molar-refractivity contribution in [1.29, 1.82) is 0 Å². The van der Waals surface area contributed by atoms with E-state index in [2.05, 4.69) is 27.1 Å². The molecule has 6 nitrogen and oxygen atoms in total. The first-order chi connectivity index (χ1) is 16.0. The Hall–Kier alpha value is -2.85. The van der Waals surface area contributed by atoms with Gasteiger partial charge in [-0.15, -0.1) is 0 Å². The first-order valence-corrected chi connectivity index (χ1v) is 11.3. The number of aromatic nitrogens is 2. The third-order valence-corrected chi connectivity index (χ3v) is 6.22. The van der Waals surface area contributed by atoms with Crippen LogP contribution in [0.4, 0.5) is 34.8 Å². The number of hydrogen-bond acceptors (Lipinski definition) is 6. The van der Waals surface area contributed by atoms with E-state index in [4.69, 9.17) is 17.3 Å². The third-order valence-electron chi connectivity index (χ3n) is 6.06. The van der Waals surface area contributed by atoms with Gasteiger partial charge in [0, 0.05) is 43.3 Å². The fraction of sp³-hybridized carbons (Fsp3) is 0.391. The summed E-state index contributed by atoms with van der Waals surface area (Å²) >= 11 is 6.07. The summed E-state index contributed by atoms with van der Waals surface area (Å²) in [6.07, 6.45) is -4.52. The highest BCUT2D eigenvalue weighted by Gasteiger charge is 2.31. The van der Waals surface area contributed by atoms with Crippen molar-refractivity contribution in [2.24, 2.45) is 0 Å². The van der Waals surface area contributed by atoms with Gasteiger partial charge in [-0.1, -0.05) is 6.92 Å². The molecule has 4 rings (SSSR count). The van der Waals surface area contributed by atoms with Gasteiger partial charge in [0.2, 0.25) is 5.28 Å². The molecule has 0 bridgehead atoms. The van der Waals surface area contributed by atoms with Crippen molar-refractivity contribution in [3.63, 3.8) is 0 Å². The highest BCUT2D eigenvalue weighted by molar-refractivity contribution is 6.28. The molecular formula is C23H25ClF4N6. The molecule has 182 valence electrons. The van der Waals surface area contributed by atoms with Gasteiger partial charge in [-0.05, 0) is 54.9 Å². The van der Waals surface area contributed by atoms with Crippen LogP contribution in [-0.4, -0.2) is 47.6 Å². The summed E-state index contributed by atoms with van der Waals surface area (Å²) in [5.74, 6) is -0.121. The number of likely N-dealkylation sites (N-methyl/N-ethyl adjacent to an activating group) is 1. The van der Waals surface area contributed by atoms with E-state index in [1.807, 2.05) is 4.90 Å². The van der Waals surface area contributed by atoms with Crippen LogP contribution in [0.5, 0.6) is 0 Å². The third kappa shape index (κ3) is 5.12. The molecule has 2 aromatic carbocycles. The van der Waals surface area contributed by atoms with Gasteiger partial charge >= 0.3 is 6.18 Å². The number of hydrogen-bond donors (Lipinski definition) is 2. The van der Waals surface area contributed by atoms with Gasteiger partial charge in [0.1, 0.15) is 11.6 Å². The van der Waals surface area contributed by atoms with Gasteiger partial charge in [0.05, 0.1) is 22.8 Å². The predicted octanol–water partition coefficient (Wildman–Crippen LogP) is 5.34. The Kier molecular flexibility index (Phi) is 6.73. The number of nitrogens with zero attached hydrogens (tertiary/aromatic N) is 4. The van der Waals surface area contributed by atoms with Crippen molar-refractivity contribution in [1.82, 2.24) is 14.9 Å². The zero-order chi connectivity index (χ0) is 24.6. The maximum Gasteiger partial charge on any atom is 0.416 e. The smallest absolute Gasteiger partial charge is 0.399 e. The van der Waals surface area contributed by atoms with Crippen LogP contribution >= 0.6 is 11.6 Å². The molecule has 0 saturated carbocycles. The second-order valence-electron chi connectivity index (χ2n) is 8.34. The minimum atomic E-state index is -4.52. The number of rotatable bonds is 5. The van der Waals surface area contributed by atoms with E-state index in [0.29, 0.717) is 41.1 Å². The topological polar surface area (TPSA) is 70.3 Å². The number of anilines is 3. The Bertz CT molecular complexity index is 1190. The molecule has 0 radical (unpaired) electrons. The van der Waals surface area contributed by atoms with Gasteiger partial charge in [-0.3, -0.25) is 0 Å². The van der Waals surface area contributed by atoms with Crippen molar-refractivity contribution in [3.8, 4) is 0 Å². The van der Waals surface area contributed by atoms with E-state index in [1.165, 1.54) is 12.1 Å². The van der Waals surface area contributed by atoms with Crippen LogP contribution in [0.15, 0.2) is 30.3 Å². The lowest BCUT2D eigenvalue weighted by molar-refractivity contribution is -0.137. The van der Waals surface area contributed by atoms with Gasteiger partial charge in [0.15, 0.2) is 0 Å². The van der Waals surface area contributed by atoms with Gasteiger partial charge in [-0.2, -0.15) is 13.2 Å². The molecule has 3 aromatic rings. The summed E-state index contributed by atoms with van der Waals surface area (Å²) in [6.45, 7) is 7.71. The fourth-order valence-electron chi connectivity index (χ4n) is 4.15. The van der Waals surface area contributed by atoms with Gasteiger partial charge in [-0.25, -0.2) is 14.4 Å². The predicted molar refractivity (Wildman–Crippen MR) is 127 cm³/mol.